The van der Waals surface area contributed by atoms with Crippen LogP contribution in [-0.4, -0.2) is 17.5 Å². The molecule has 0 aliphatic heterocycles. The minimum Gasteiger partial charge on any atom is -0.460 e. The summed E-state index contributed by atoms with van der Waals surface area (Å²) in [5.41, 5.74) is 3.46. The topological polar surface area (TPSA) is 55.4 Å². The maximum absolute atomic E-state index is 13.5. The van der Waals surface area contributed by atoms with Crippen molar-refractivity contribution in [1.82, 2.24) is 0 Å². The first-order valence-electron chi connectivity index (χ1n) is 11.5. The highest BCUT2D eigenvalue weighted by Crippen LogP contribution is 2.38. The smallest absolute Gasteiger partial charge is 0.306 e. The van der Waals surface area contributed by atoms with Gasteiger partial charge in [0.1, 0.15) is 5.60 Å². The summed E-state index contributed by atoms with van der Waals surface area (Å²) in [5, 5.41) is 3.20. The fourth-order valence-electron chi connectivity index (χ4n) is 4.53. The van der Waals surface area contributed by atoms with Gasteiger partial charge in [0.2, 0.25) is 5.91 Å². The van der Waals surface area contributed by atoms with Crippen LogP contribution >= 0.6 is 15.9 Å². The molecule has 1 fully saturated rings. The largest absolute Gasteiger partial charge is 0.460 e. The molecule has 0 radical (unpaired) electrons. The van der Waals surface area contributed by atoms with E-state index < -0.39 is 5.60 Å². The van der Waals surface area contributed by atoms with Crippen molar-refractivity contribution in [3.05, 3.63) is 63.6 Å². The van der Waals surface area contributed by atoms with Gasteiger partial charge in [-0.1, -0.05) is 53.0 Å². The van der Waals surface area contributed by atoms with E-state index in [1.165, 1.54) is 12.8 Å². The summed E-state index contributed by atoms with van der Waals surface area (Å²) in [5.74, 6) is 0.0525. The van der Waals surface area contributed by atoms with Gasteiger partial charge in [-0.2, -0.15) is 0 Å². The van der Waals surface area contributed by atoms with E-state index >= 15 is 0 Å². The SMILES string of the molecule is Cc1c(CCC(=O)OC(C)(C)C)cccc1NC(=O)C(c1ccc(Br)cc1)C1CCCC1. The Balaban J connectivity index is 1.74. The van der Waals surface area contributed by atoms with Gasteiger partial charge in [-0.05, 0) is 87.8 Å². The van der Waals surface area contributed by atoms with E-state index in [2.05, 4.69) is 33.4 Å². The van der Waals surface area contributed by atoms with E-state index in [0.717, 1.165) is 39.7 Å². The number of aryl methyl sites for hydroxylation is 1. The number of benzene rings is 2. The molecule has 0 spiro atoms. The zero-order valence-corrected chi connectivity index (χ0v) is 21.1. The summed E-state index contributed by atoms with van der Waals surface area (Å²) in [7, 11) is 0. The molecule has 0 heterocycles. The molecular formula is C27H34BrNO3. The van der Waals surface area contributed by atoms with E-state index in [1.807, 2.05) is 58.0 Å². The summed E-state index contributed by atoms with van der Waals surface area (Å²) in [6, 6.07) is 14.0. The maximum atomic E-state index is 13.5. The van der Waals surface area contributed by atoms with Crippen LogP contribution in [0.15, 0.2) is 46.9 Å². The summed E-state index contributed by atoms with van der Waals surface area (Å²) in [4.78, 5) is 25.6. The monoisotopic (exact) mass is 499 g/mol. The van der Waals surface area contributed by atoms with Crippen LogP contribution in [0.5, 0.6) is 0 Å². The number of esters is 1. The van der Waals surface area contributed by atoms with E-state index in [4.69, 9.17) is 4.74 Å². The Morgan fingerprint density at radius 1 is 1.09 bits per heavy atom. The number of nitrogens with one attached hydrogen (secondary N) is 1. The number of carbonyl (C=O) groups is 2. The van der Waals surface area contributed by atoms with E-state index in [0.29, 0.717) is 18.8 Å². The van der Waals surface area contributed by atoms with Crippen molar-refractivity contribution in [2.24, 2.45) is 5.92 Å². The lowest BCUT2D eigenvalue weighted by atomic mass is 9.84. The second-order valence-corrected chi connectivity index (χ2v) is 10.7. The Morgan fingerprint density at radius 3 is 2.38 bits per heavy atom. The summed E-state index contributed by atoms with van der Waals surface area (Å²) < 4.78 is 6.44. The fraction of sp³-hybridized carbons (Fsp3) is 0.481. The molecule has 5 heteroatoms. The first kappa shape index (κ1) is 24.5. The van der Waals surface area contributed by atoms with Crippen molar-refractivity contribution in [3.8, 4) is 0 Å². The zero-order valence-electron chi connectivity index (χ0n) is 19.5. The van der Waals surface area contributed by atoms with Crippen LogP contribution in [0, 0.1) is 12.8 Å². The van der Waals surface area contributed by atoms with Crippen LogP contribution < -0.4 is 5.32 Å². The lowest BCUT2D eigenvalue weighted by molar-refractivity contribution is -0.154. The Hall–Kier alpha value is -2.14. The molecule has 1 amide bonds. The van der Waals surface area contributed by atoms with Crippen LogP contribution in [0.2, 0.25) is 0 Å². The van der Waals surface area contributed by atoms with Gasteiger partial charge in [0.15, 0.2) is 0 Å². The Morgan fingerprint density at radius 2 is 1.75 bits per heavy atom. The highest BCUT2D eigenvalue weighted by molar-refractivity contribution is 9.10. The molecule has 0 saturated heterocycles. The van der Waals surface area contributed by atoms with Crippen LogP contribution in [0.4, 0.5) is 5.69 Å². The predicted octanol–water partition coefficient (Wildman–Crippen LogP) is 6.94. The molecule has 1 N–H and O–H groups in total. The maximum Gasteiger partial charge on any atom is 0.306 e. The minimum atomic E-state index is -0.482. The molecular weight excluding hydrogens is 466 g/mol. The van der Waals surface area contributed by atoms with Gasteiger partial charge in [0, 0.05) is 16.6 Å². The van der Waals surface area contributed by atoms with E-state index in [1.54, 1.807) is 0 Å². The molecule has 4 nitrogen and oxygen atoms in total. The molecule has 1 atom stereocenters. The number of hydrogen-bond donors (Lipinski definition) is 1. The lowest BCUT2D eigenvalue weighted by Crippen LogP contribution is -2.27. The first-order chi connectivity index (χ1) is 15.1. The standard InChI is InChI=1S/C27H34BrNO3/c1-18-19(14-17-24(30)32-27(2,3)4)10-7-11-23(18)29-26(31)25(20-8-5-6-9-20)21-12-15-22(28)16-13-21/h7,10-13,15-16,20,25H,5-6,8-9,14,17H2,1-4H3,(H,29,31). The van der Waals surface area contributed by atoms with Crippen molar-refractivity contribution >= 4 is 33.5 Å². The van der Waals surface area contributed by atoms with Gasteiger partial charge < -0.3 is 10.1 Å². The molecule has 2 aromatic rings. The number of rotatable bonds is 7. The molecule has 1 saturated carbocycles. The van der Waals surface area contributed by atoms with Crippen molar-refractivity contribution in [2.75, 3.05) is 5.32 Å². The van der Waals surface area contributed by atoms with Crippen molar-refractivity contribution < 1.29 is 14.3 Å². The normalized spacial score (nSPS) is 15.4. The molecule has 0 bridgehead atoms. The molecule has 3 rings (SSSR count). The predicted molar refractivity (Wildman–Crippen MR) is 133 cm³/mol. The van der Waals surface area contributed by atoms with E-state index in [9.17, 15) is 9.59 Å². The molecule has 0 aromatic heterocycles. The number of ether oxygens (including phenoxy) is 1. The zero-order chi connectivity index (χ0) is 23.3. The van der Waals surface area contributed by atoms with E-state index in [-0.39, 0.29) is 17.8 Å². The number of anilines is 1. The highest BCUT2D eigenvalue weighted by Gasteiger charge is 2.32. The third-order valence-electron chi connectivity index (χ3n) is 6.11. The van der Waals surface area contributed by atoms with Crippen LogP contribution in [0.3, 0.4) is 0 Å². The number of halogens is 1. The van der Waals surface area contributed by atoms with Crippen molar-refractivity contribution in [1.29, 1.82) is 0 Å². The average Bonchev–Trinajstić information content (AvgIpc) is 3.23. The van der Waals surface area contributed by atoms with Crippen LogP contribution in [0.25, 0.3) is 0 Å². The van der Waals surface area contributed by atoms with Crippen molar-refractivity contribution in [2.45, 2.75) is 77.7 Å². The number of hydrogen-bond acceptors (Lipinski definition) is 3. The summed E-state index contributed by atoms with van der Waals surface area (Å²) in [6.07, 6.45) is 5.45. The van der Waals surface area contributed by atoms with Crippen LogP contribution in [0.1, 0.15) is 75.5 Å². The minimum absolute atomic E-state index is 0.0478. The van der Waals surface area contributed by atoms with Gasteiger partial charge in [0.05, 0.1) is 5.92 Å². The Labute approximate surface area is 200 Å². The number of amides is 1. The molecule has 1 aliphatic carbocycles. The molecule has 172 valence electrons. The van der Waals surface area contributed by atoms with Gasteiger partial charge >= 0.3 is 5.97 Å². The summed E-state index contributed by atoms with van der Waals surface area (Å²) >= 11 is 3.49. The lowest BCUT2D eigenvalue weighted by Gasteiger charge is -2.24. The first-order valence-corrected chi connectivity index (χ1v) is 12.3. The molecule has 1 unspecified atom stereocenters. The highest BCUT2D eigenvalue weighted by atomic mass is 79.9. The third kappa shape index (κ3) is 6.68. The van der Waals surface area contributed by atoms with Gasteiger partial charge in [-0.25, -0.2) is 0 Å². The molecule has 1 aliphatic rings. The third-order valence-corrected chi connectivity index (χ3v) is 6.63. The van der Waals surface area contributed by atoms with Gasteiger partial charge in [-0.3, -0.25) is 9.59 Å². The second-order valence-electron chi connectivity index (χ2n) is 9.74. The van der Waals surface area contributed by atoms with Gasteiger partial charge in [0.25, 0.3) is 0 Å². The average molecular weight is 500 g/mol. The molecule has 2 aromatic carbocycles. The molecule has 32 heavy (non-hydrogen) atoms. The Bertz CT molecular complexity index is 940. The summed E-state index contributed by atoms with van der Waals surface area (Å²) in [6.45, 7) is 7.62. The number of carbonyl (C=O) groups excluding carboxylic acids is 2. The Kier molecular flexibility index (Phi) is 8.16. The quantitative estimate of drug-likeness (QED) is 0.419. The fourth-order valence-corrected chi connectivity index (χ4v) is 4.79. The van der Waals surface area contributed by atoms with Crippen LogP contribution in [-0.2, 0) is 20.7 Å². The van der Waals surface area contributed by atoms with Crippen molar-refractivity contribution in [3.63, 3.8) is 0 Å². The van der Waals surface area contributed by atoms with Gasteiger partial charge in [-0.15, -0.1) is 0 Å². The second kappa shape index (κ2) is 10.7.